The number of thiophene rings is 1. The van der Waals surface area contributed by atoms with E-state index in [9.17, 15) is 4.79 Å². The molecule has 0 unspecified atom stereocenters. The standard InChI is InChI=1S/C18H19N3OS2.C8H6/c1-12-5-7-13(8-6-12)19-16(22)14-11-23-17-15(14)24-18(20-17)21-9-3-2-4-10-21;1-3-5-7-8-6-4-2/h5-8,11H,2-4,9-10H2,1H3,(H,19,22);1-2H3. The molecule has 32 heavy (non-hydrogen) atoms. The van der Waals surface area contributed by atoms with Gasteiger partial charge >= 0.3 is 0 Å². The molecule has 0 aliphatic carbocycles. The molecule has 0 radical (unpaired) electrons. The number of rotatable bonds is 3. The van der Waals surface area contributed by atoms with Crippen molar-refractivity contribution < 1.29 is 4.79 Å². The zero-order valence-electron chi connectivity index (χ0n) is 18.5. The van der Waals surface area contributed by atoms with Gasteiger partial charge in [0.2, 0.25) is 0 Å². The molecule has 2 aromatic heterocycles. The first-order valence-corrected chi connectivity index (χ1v) is 12.2. The Labute approximate surface area is 198 Å². The molecule has 0 saturated carbocycles. The van der Waals surface area contributed by atoms with Crippen LogP contribution in [0.5, 0.6) is 0 Å². The fourth-order valence-corrected chi connectivity index (χ4v) is 5.35. The quantitative estimate of drug-likeness (QED) is 0.493. The van der Waals surface area contributed by atoms with Gasteiger partial charge in [-0.3, -0.25) is 4.79 Å². The third-order valence-corrected chi connectivity index (χ3v) is 6.89. The van der Waals surface area contributed by atoms with E-state index < -0.39 is 0 Å². The predicted molar refractivity (Wildman–Crippen MR) is 137 cm³/mol. The lowest BCUT2D eigenvalue weighted by Gasteiger charge is -2.25. The number of hydrogen-bond donors (Lipinski definition) is 1. The van der Waals surface area contributed by atoms with Gasteiger partial charge in [-0.05, 0) is 75.8 Å². The smallest absolute Gasteiger partial charge is 0.258 e. The molecule has 1 aliphatic rings. The van der Waals surface area contributed by atoms with Crippen molar-refractivity contribution in [2.75, 3.05) is 23.3 Å². The average Bonchev–Trinajstić information content (AvgIpc) is 3.40. The average molecular weight is 460 g/mol. The van der Waals surface area contributed by atoms with Gasteiger partial charge < -0.3 is 10.2 Å². The fraction of sp³-hybridized carbons (Fsp3) is 0.308. The highest BCUT2D eigenvalue weighted by molar-refractivity contribution is 7.29. The summed E-state index contributed by atoms with van der Waals surface area (Å²) in [5.41, 5.74) is 2.74. The van der Waals surface area contributed by atoms with Gasteiger partial charge in [-0.2, -0.15) is 0 Å². The fourth-order valence-electron chi connectivity index (χ4n) is 3.11. The molecule has 4 nitrogen and oxygen atoms in total. The molecule has 1 aromatic carbocycles. The number of benzene rings is 1. The Bertz CT molecular complexity index is 1220. The highest BCUT2D eigenvalue weighted by Gasteiger charge is 2.20. The molecule has 4 rings (SSSR count). The van der Waals surface area contributed by atoms with Crippen molar-refractivity contribution in [1.29, 1.82) is 0 Å². The number of amides is 1. The molecule has 1 fully saturated rings. The zero-order valence-corrected chi connectivity index (χ0v) is 20.2. The van der Waals surface area contributed by atoms with Crippen molar-refractivity contribution in [1.82, 2.24) is 4.98 Å². The van der Waals surface area contributed by atoms with E-state index in [-0.39, 0.29) is 5.91 Å². The zero-order chi connectivity index (χ0) is 22.8. The molecular weight excluding hydrogens is 434 g/mol. The Hall–Kier alpha value is -3.24. The van der Waals surface area contributed by atoms with E-state index in [0.29, 0.717) is 0 Å². The second-order valence-electron chi connectivity index (χ2n) is 7.15. The van der Waals surface area contributed by atoms with Gasteiger partial charge in [-0.1, -0.05) is 40.9 Å². The highest BCUT2D eigenvalue weighted by atomic mass is 32.1. The van der Waals surface area contributed by atoms with Crippen molar-refractivity contribution >= 4 is 48.9 Å². The van der Waals surface area contributed by atoms with Crippen LogP contribution in [-0.2, 0) is 0 Å². The molecule has 3 heterocycles. The van der Waals surface area contributed by atoms with E-state index >= 15 is 0 Å². The first-order valence-electron chi connectivity index (χ1n) is 10.5. The molecule has 162 valence electrons. The van der Waals surface area contributed by atoms with Crippen LogP contribution in [-0.4, -0.2) is 24.0 Å². The summed E-state index contributed by atoms with van der Waals surface area (Å²) in [7, 11) is 0. The number of anilines is 2. The van der Waals surface area contributed by atoms with Gasteiger partial charge in [0.05, 0.1) is 10.3 Å². The van der Waals surface area contributed by atoms with E-state index in [1.807, 2.05) is 36.6 Å². The molecule has 6 heteroatoms. The van der Waals surface area contributed by atoms with Gasteiger partial charge in [-0.15, -0.1) is 11.3 Å². The number of thiazole rings is 1. The molecule has 1 N–H and O–H groups in total. The Morgan fingerprint density at radius 3 is 2.28 bits per heavy atom. The van der Waals surface area contributed by atoms with E-state index in [1.165, 1.54) is 24.8 Å². The third kappa shape index (κ3) is 6.38. The Kier molecular flexibility index (Phi) is 8.76. The Morgan fingerprint density at radius 2 is 1.66 bits per heavy atom. The van der Waals surface area contributed by atoms with E-state index in [4.69, 9.17) is 4.98 Å². The summed E-state index contributed by atoms with van der Waals surface area (Å²) in [4.78, 5) is 20.7. The lowest BCUT2D eigenvalue weighted by atomic mass is 10.1. The van der Waals surface area contributed by atoms with Crippen molar-refractivity contribution in [2.24, 2.45) is 0 Å². The molecule has 1 saturated heterocycles. The summed E-state index contributed by atoms with van der Waals surface area (Å²) in [6, 6.07) is 7.87. The predicted octanol–water partition coefficient (Wildman–Crippen LogP) is 5.95. The van der Waals surface area contributed by atoms with Gasteiger partial charge in [0.1, 0.15) is 4.83 Å². The summed E-state index contributed by atoms with van der Waals surface area (Å²) >= 11 is 3.19. The maximum absolute atomic E-state index is 12.6. The van der Waals surface area contributed by atoms with Crippen LogP contribution in [0.4, 0.5) is 10.8 Å². The van der Waals surface area contributed by atoms with E-state index in [0.717, 1.165) is 39.0 Å². The summed E-state index contributed by atoms with van der Waals surface area (Å²) in [6.45, 7) is 7.67. The van der Waals surface area contributed by atoms with E-state index in [1.54, 1.807) is 36.5 Å². The number of hydrogen-bond acceptors (Lipinski definition) is 5. The first kappa shape index (κ1) is 23.4. The first-order chi connectivity index (χ1) is 15.6. The van der Waals surface area contributed by atoms with Crippen LogP contribution in [0.25, 0.3) is 9.53 Å². The van der Waals surface area contributed by atoms with Gasteiger partial charge in [0.25, 0.3) is 5.91 Å². The van der Waals surface area contributed by atoms with Gasteiger partial charge in [0, 0.05) is 24.2 Å². The van der Waals surface area contributed by atoms with Crippen LogP contribution < -0.4 is 10.2 Å². The van der Waals surface area contributed by atoms with Gasteiger partial charge in [0.15, 0.2) is 5.13 Å². The second kappa shape index (κ2) is 12.0. The van der Waals surface area contributed by atoms with Crippen molar-refractivity contribution in [3.8, 4) is 35.5 Å². The molecule has 3 aromatic rings. The van der Waals surface area contributed by atoms with Crippen LogP contribution in [0.1, 0.15) is 49.0 Å². The summed E-state index contributed by atoms with van der Waals surface area (Å²) in [6.07, 6.45) is 3.77. The van der Waals surface area contributed by atoms with E-state index in [2.05, 4.69) is 45.7 Å². The molecule has 0 bridgehead atoms. The van der Waals surface area contributed by atoms with Crippen LogP contribution in [0, 0.1) is 42.4 Å². The number of nitrogens with zero attached hydrogens (tertiary/aromatic N) is 2. The number of aryl methyl sites for hydroxylation is 1. The third-order valence-electron chi connectivity index (χ3n) is 4.74. The molecular formula is C26H25N3OS2. The summed E-state index contributed by atoms with van der Waals surface area (Å²) in [5, 5.41) is 5.96. The summed E-state index contributed by atoms with van der Waals surface area (Å²) in [5.74, 6) is 15.5. The number of nitrogens with one attached hydrogen (secondary N) is 1. The monoisotopic (exact) mass is 459 g/mol. The largest absolute Gasteiger partial charge is 0.348 e. The molecule has 0 spiro atoms. The number of carbonyl (C=O) groups is 1. The Balaban J connectivity index is 0.000000312. The second-order valence-corrected chi connectivity index (χ2v) is 8.98. The highest BCUT2D eigenvalue weighted by Crippen LogP contribution is 2.36. The normalized spacial score (nSPS) is 12.2. The number of aromatic nitrogens is 1. The molecule has 1 amide bonds. The molecule has 1 aliphatic heterocycles. The van der Waals surface area contributed by atoms with Crippen LogP contribution in [0.15, 0.2) is 29.6 Å². The van der Waals surface area contributed by atoms with Gasteiger partial charge in [-0.25, -0.2) is 4.98 Å². The van der Waals surface area contributed by atoms with Crippen LogP contribution in [0.2, 0.25) is 0 Å². The lowest BCUT2D eigenvalue weighted by Crippen LogP contribution is -2.29. The van der Waals surface area contributed by atoms with Crippen molar-refractivity contribution in [3.05, 3.63) is 40.8 Å². The van der Waals surface area contributed by atoms with Crippen molar-refractivity contribution in [3.63, 3.8) is 0 Å². The maximum Gasteiger partial charge on any atom is 0.258 e. The maximum atomic E-state index is 12.6. The minimum Gasteiger partial charge on any atom is -0.348 e. The van der Waals surface area contributed by atoms with Crippen LogP contribution in [0.3, 0.4) is 0 Å². The number of carbonyl (C=O) groups excluding carboxylic acids is 1. The van der Waals surface area contributed by atoms with Crippen molar-refractivity contribution in [2.45, 2.75) is 40.0 Å². The minimum absolute atomic E-state index is 0.0565. The lowest BCUT2D eigenvalue weighted by molar-refractivity contribution is 0.102. The molecule has 0 atom stereocenters. The minimum atomic E-state index is -0.0565. The number of fused-ring (bicyclic) bond motifs is 1. The van der Waals surface area contributed by atoms with Crippen LogP contribution >= 0.6 is 22.7 Å². The Morgan fingerprint density at radius 1 is 1.00 bits per heavy atom. The topological polar surface area (TPSA) is 45.2 Å². The SMILES string of the molecule is CC#CC#CC#CC.Cc1ccc(NC(=O)c2csc3nc(N4CCCCC4)sc23)cc1. The summed E-state index contributed by atoms with van der Waals surface area (Å²) < 4.78 is 1.00. The number of piperidine rings is 1.